The van der Waals surface area contributed by atoms with E-state index >= 15 is 0 Å². The van der Waals surface area contributed by atoms with Gasteiger partial charge in [0.25, 0.3) is 0 Å². The maximum Gasteiger partial charge on any atom is 0.353 e. The summed E-state index contributed by atoms with van der Waals surface area (Å²) < 4.78 is 25.7. The number of benzene rings is 2. The molecule has 0 saturated heterocycles. The summed E-state index contributed by atoms with van der Waals surface area (Å²) in [5, 5.41) is 10.3. The molecule has 0 fully saturated rings. The number of hydrogen-bond donors (Lipinski definition) is 4. The number of nitrogens with two attached hydrogens (primary N) is 2. The van der Waals surface area contributed by atoms with Crippen molar-refractivity contribution in [2.75, 3.05) is 0 Å². The molecule has 0 aliphatic carbocycles. The fourth-order valence-corrected chi connectivity index (χ4v) is 3.19. The largest absolute Gasteiger partial charge is 0.506 e. The number of guanidine groups is 1. The van der Waals surface area contributed by atoms with Crippen LogP contribution in [-0.2, 0) is 10.0 Å². The lowest BCUT2D eigenvalue weighted by Gasteiger charge is -2.02. The van der Waals surface area contributed by atoms with Crippen molar-refractivity contribution in [1.82, 2.24) is 0 Å². The van der Waals surface area contributed by atoms with Gasteiger partial charge in [0.1, 0.15) is 10.6 Å². The predicted molar refractivity (Wildman–Crippen MR) is 93.4 cm³/mol. The average Bonchev–Trinajstić information content (AvgIpc) is 2.48. The summed E-state index contributed by atoms with van der Waals surface area (Å²) in [6.07, 6.45) is 1.36. The van der Waals surface area contributed by atoms with E-state index in [0.717, 1.165) is 0 Å². The molecule has 0 aliphatic heterocycles. The van der Waals surface area contributed by atoms with Crippen LogP contribution in [-0.4, -0.2) is 25.7 Å². The van der Waals surface area contributed by atoms with E-state index in [4.69, 9.17) is 34.7 Å². The fraction of sp³-hybridized carbons (Fsp3) is 0. The van der Waals surface area contributed by atoms with Crippen molar-refractivity contribution in [3.8, 4) is 5.75 Å². The highest BCUT2D eigenvalue weighted by molar-refractivity contribution is 7.84. The Morgan fingerprint density at radius 3 is 2.38 bits per heavy atom. The second kappa shape index (κ2) is 7.08. The van der Waals surface area contributed by atoms with Gasteiger partial charge in [0, 0.05) is 16.8 Å². The SMILES string of the molecule is NC(N)=[NH+]S(=O)(=O)c1ccc(N=Cc2cc(Cl)cc(Cl)c2O)cc1. The van der Waals surface area contributed by atoms with Crippen LogP contribution in [0.4, 0.5) is 5.69 Å². The third kappa shape index (κ3) is 4.38. The molecule has 0 aromatic heterocycles. The van der Waals surface area contributed by atoms with Gasteiger partial charge in [-0.05, 0) is 36.4 Å². The highest BCUT2D eigenvalue weighted by Crippen LogP contribution is 2.30. The number of aromatic hydroxyl groups is 1. The standard InChI is InChI=1S/C14H12Cl2N4O3S/c15-9-5-8(13(21)12(16)6-9)7-19-10-1-3-11(4-2-10)24(22,23)20-14(17)18/h1-7,21H,(H4,17,18,20)/p+1. The van der Waals surface area contributed by atoms with E-state index in [-0.39, 0.29) is 15.7 Å². The summed E-state index contributed by atoms with van der Waals surface area (Å²) in [4.78, 5) is 4.11. The van der Waals surface area contributed by atoms with Crippen molar-refractivity contribution in [3.05, 3.63) is 52.0 Å². The Morgan fingerprint density at radius 2 is 1.79 bits per heavy atom. The highest BCUT2D eigenvalue weighted by Gasteiger charge is 2.14. The van der Waals surface area contributed by atoms with E-state index in [9.17, 15) is 13.5 Å². The molecule has 0 saturated carbocycles. The third-order valence-corrected chi connectivity index (χ3v) is 4.71. The molecule has 2 rings (SSSR count). The van der Waals surface area contributed by atoms with Gasteiger partial charge in [-0.1, -0.05) is 23.2 Å². The quantitative estimate of drug-likeness (QED) is 0.447. The lowest BCUT2D eigenvalue weighted by molar-refractivity contribution is -0.270. The maximum absolute atomic E-state index is 11.9. The van der Waals surface area contributed by atoms with Crippen LogP contribution in [0.1, 0.15) is 5.56 Å². The van der Waals surface area contributed by atoms with Gasteiger partial charge < -0.3 is 5.11 Å². The minimum atomic E-state index is -3.83. The molecule has 0 amide bonds. The summed E-state index contributed by atoms with van der Waals surface area (Å²) in [6, 6.07) is 8.52. The lowest BCUT2D eigenvalue weighted by atomic mass is 10.2. The van der Waals surface area contributed by atoms with E-state index in [1.54, 1.807) is 0 Å². The van der Waals surface area contributed by atoms with Crippen molar-refractivity contribution >= 4 is 51.1 Å². The number of phenols is 1. The first kappa shape index (κ1) is 18.1. The van der Waals surface area contributed by atoms with Crippen LogP contribution in [0, 0.1) is 0 Å². The lowest BCUT2D eigenvalue weighted by Crippen LogP contribution is -2.80. The summed E-state index contributed by atoms with van der Waals surface area (Å²) in [5.41, 5.74) is 11.0. The van der Waals surface area contributed by atoms with E-state index in [1.165, 1.54) is 42.6 Å². The molecule has 0 unspecified atom stereocenters. The number of aliphatic imine (C=N–C) groups is 1. The minimum absolute atomic E-state index is 0.0245. The summed E-state index contributed by atoms with van der Waals surface area (Å²) in [5.74, 6) is -0.576. The second-order valence-corrected chi connectivity index (χ2v) is 7.16. The molecule has 7 nitrogen and oxygen atoms in total. The number of nitrogens with one attached hydrogen (secondary N) is 1. The number of sulfonamides is 1. The summed E-state index contributed by atoms with van der Waals surface area (Å²) in [6.45, 7) is 0. The van der Waals surface area contributed by atoms with Crippen LogP contribution in [0.3, 0.4) is 0 Å². The Labute approximate surface area is 148 Å². The molecule has 24 heavy (non-hydrogen) atoms. The average molecular weight is 388 g/mol. The van der Waals surface area contributed by atoms with Crippen molar-refractivity contribution in [2.24, 2.45) is 16.5 Å². The van der Waals surface area contributed by atoms with Crippen LogP contribution in [0.2, 0.25) is 10.0 Å². The molecule has 0 atom stereocenters. The van der Waals surface area contributed by atoms with Crippen molar-refractivity contribution in [2.45, 2.75) is 4.90 Å². The Hall–Kier alpha value is -2.29. The van der Waals surface area contributed by atoms with E-state index in [0.29, 0.717) is 16.3 Å². The van der Waals surface area contributed by atoms with E-state index in [2.05, 4.69) is 4.99 Å². The molecule has 2 aromatic rings. The molecule has 0 heterocycles. The van der Waals surface area contributed by atoms with Crippen LogP contribution >= 0.6 is 23.2 Å². The third-order valence-electron chi connectivity index (χ3n) is 2.81. The zero-order valence-electron chi connectivity index (χ0n) is 12.1. The minimum Gasteiger partial charge on any atom is -0.506 e. The monoisotopic (exact) mass is 387 g/mol. The first-order chi connectivity index (χ1) is 11.2. The number of hydrogen-bond acceptors (Lipinski definition) is 4. The van der Waals surface area contributed by atoms with Crippen molar-refractivity contribution < 1.29 is 17.9 Å². The Kier molecular flexibility index (Phi) is 5.33. The van der Waals surface area contributed by atoms with Gasteiger partial charge in [-0.25, -0.2) is 0 Å². The number of rotatable bonds is 4. The van der Waals surface area contributed by atoms with Gasteiger partial charge in [-0.3, -0.25) is 16.5 Å². The van der Waals surface area contributed by atoms with E-state index in [1.807, 2.05) is 4.40 Å². The number of halogens is 2. The van der Waals surface area contributed by atoms with Gasteiger partial charge in [0.05, 0.1) is 10.7 Å². The van der Waals surface area contributed by atoms with Gasteiger partial charge >= 0.3 is 16.0 Å². The van der Waals surface area contributed by atoms with Crippen molar-refractivity contribution in [1.29, 1.82) is 0 Å². The van der Waals surface area contributed by atoms with Gasteiger partial charge in [0.2, 0.25) is 0 Å². The van der Waals surface area contributed by atoms with Crippen molar-refractivity contribution in [3.63, 3.8) is 0 Å². The van der Waals surface area contributed by atoms with Crippen LogP contribution < -0.4 is 15.9 Å². The number of nitrogens with zero attached hydrogens (tertiary/aromatic N) is 1. The molecular formula is C14H13Cl2N4O3S+. The molecular weight excluding hydrogens is 375 g/mol. The van der Waals surface area contributed by atoms with Crippen LogP contribution in [0.5, 0.6) is 5.75 Å². The predicted octanol–water partition coefficient (Wildman–Crippen LogP) is 0.492. The Morgan fingerprint density at radius 1 is 1.17 bits per heavy atom. The summed E-state index contributed by atoms with van der Waals surface area (Å²) in [7, 11) is -3.83. The van der Waals surface area contributed by atoms with Crippen LogP contribution in [0.15, 0.2) is 46.3 Å². The molecule has 126 valence electrons. The molecule has 0 aliphatic rings. The van der Waals surface area contributed by atoms with Crippen LogP contribution in [0.25, 0.3) is 0 Å². The zero-order valence-corrected chi connectivity index (χ0v) is 14.4. The highest BCUT2D eigenvalue weighted by atomic mass is 35.5. The first-order valence-electron chi connectivity index (χ1n) is 6.42. The van der Waals surface area contributed by atoms with Gasteiger partial charge in [0.15, 0.2) is 0 Å². The summed E-state index contributed by atoms with van der Waals surface area (Å²) >= 11 is 11.7. The number of phenolic OH excluding ortho intramolecular Hbond substituents is 1. The second-order valence-electron chi connectivity index (χ2n) is 4.64. The maximum atomic E-state index is 11.9. The zero-order chi connectivity index (χ0) is 17.9. The van der Waals surface area contributed by atoms with Gasteiger partial charge in [-0.15, -0.1) is 0 Å². The van der Waals surface area contributed by atoms with Gasteiger partial charge in [-0.2, -0.15) is 12.8 Å². The molecule has 6 N–H and O–H groups in total. The normalized spacial score (nSPS) is 11.6. The fourth-order valence-electron chi connectivity index (χ4n) is 1.75. The molecule has 0 bridgehead atoms. The smallest absolute Gasteiger partial charge is 0.353 e. The van der Waals surface area contributed by atoms with E-state index < -0.39 is 16.0 Å². The topological polar surface area (TPSA) is 133 Å². The molecule has 0 spiro atoms. The Bertz CT molecular complexity index is 922. The Balaban J connectivity index is 2.29. The molecule has 2 aromatic carbocycles. The molecule has 0 radical (unpaired) electrons. The first-order valence-corrected chi connectivity index (χ1v) is 8.66. The molecule has 10 heteroatoms.